The highest BCUT2D eigenvalue weighted by Crippen LogP contribution is 2.34. The summed E-state index contributed by atoms with van der Waals surface area (Å²) in [6.07, 6.45) is 1.54. The number of rotatable bonds is 1. The highest BCUT2D eigenvalue weighted by Gasteiger charge is 2.15. The average molecular weight is 164 g/mol. The maximum absolute atomic E-state index is 5.21. The van der Waals surface area contributed by atoms with Crippen molar-refractivity contribution in [3.63, 3.8) is 0 Å². The first-order valence-corrected chi connectivity index (χ1v) is 3.53. The zero-order chi connectivity index (χ0) is 8.39. The molecule has 0 saturated carbocycles. The standard InChI is InChI=1S/C8H8N2O2/c9-10-4-6-2-1-3-7-8(6)12-5-11-7/h1-4H,5,9H2. The van der Waals surface area contributed by atoms with Crippen LogP contribution in [0.4, 0.5) is 0 Å². The van der Waals surface area contributed by atoms with E-state index in [-0.39, 0.29) is 6.79 Å². The van der Waals surface area contributed by atoms with E-state index in [0.717, 1.165) is 11.3 Å². The van der Waals surface area contributed by atoms with Crippen molar-refractivity contribution in [2.45, 2.75) is 0 Å². The van der Waals surface area contributed by atoms with Crippen molar-refractivity contribution >= 4 is 6.21 Å². The van der Waals surface area contributed by atoms with Gasteiger partial charge in [0.15, 0.2) is 11.5 Å². The van der Waals surface area contributed by atoms with Crippen LogP contribution in [0.3, 0.4) is 0 Å². The minimum Gasteiger partial charge on any atom is -0.454 e. The molecule has 1 heterocycles. The number of para-hydroxylation sites is 1. The van der Waals surface area contributed by atoms with Gasteiger partial charge in [-0.15, -0.1) is 0 Å². The minimum absolute atomic E-state index is 0.269. The van der Waals surface area contributed by atoms with Gasteiger partial charge in [-0.05, 0) is 12.1 Å². The average Bonchev–Trinajstić information content (AvgIpc) is 2.53. The first-order chi connectivity index (χ1) is 5.92. The van der Waals surface area contributed by atoms with E-state index in [2.05, 4.69) is 5.10 Å². The first-order valence-electron chi connectivity index (χ1n) is 3.53. The van der Waals surface area contributed by atoms with E-state index in [0.29, 0.717) is 5.75 Å². The fourth-order valence-corrected chi connectivity index (χ4v) is 1.13. The van der Waals surface area contributed by atoms with Gasteiger partial charge in [-0.25, -0.2) is 0 Å². The first kappa shape index (κ1) is 6.97. The van der Waals surface area contributed by atoms with Gasteiger partial charge in [-0.2, -0.15) is 5.10 Å². The van der Waals surface area contributed by atoms with Gasteiger partial charge in [0.05, 0.1) is 6.21 Å². The molecule has 2 rings (SSSR count). The Balaban J connectivity index is 2.49. The van der Waals surface area contributed by atoms with Crippen molar-refractivity contribution < 1.29 is 9.47 Å². The van der Waals surface area contributed by atoms with Gasteiger partial charge >= 0.3 is 0 Å². The predicted molar refractivity (Wildman–Crippen MR) is 44.3 cm³/mol. The summed E-state index contributed by atoms with van der Waals surface area (Å²) in [5, 5.41) is 3.42. The zero-order valence-corrected chi connectivity index (χ0v) is 6.36. The fraction of sp³-hybridized carbons (Fsp3) is 0.125. The van der Waals surface area contributed by atoms with E-state index in [1.54, 1.807) is 0 Å². The molecule has 0 atom stereocenters. The Labute approximate surface area is 69.6 Å². The highest BCUT2D eigenvalue weighted by atomic mass is 16.7. The van der Waals surface area contributed by atoms with E-state index < -0.39 is 0 Å². The Hall–Kier alpha value is -1.71. The predicted octanol–water partition coefficient (Wildman–Crippen LogP) is 0.708. The number of nitrogens with zero attached hydrogens (tertiary/aromatic N) is 1. The number of ether oxygens (including phenoxy) is 2. The third kappa shape index (κ3) is 0.972. The highest BCUT2D eigenvalue weighted by molar-refractivity contribution is 5.85. The molecule has 0 amide bonds. The minimum atomic E-state index is 0.269. The molecule has 1 aliphatic heterocycles. The summed E-state index contributed by atoms with van der Waals surface area (Å²) in [6, 6.07) is 5.57. The Morgan fingerprint density at radius 1 is 1.42 bits per heavy atom. The second-order valence-corrected chi connectivity index (χ2v) is 2.36. The maximum atomic E-state index is 5.21. The van der Waals surface area contributed by atoms with Crippen LogP contribution in [-0.4, -0.2) is 13.0 Å². The van der Waals surface area contributed by atoms with Gasteiger partial charge in [0.25, 0.3) is 0 Å². The van der Waals surface area contributed by atoms with Crippen LogP contribution in [0.15, 0.2) is 23.3 Å². The van der Waals surface area contributed by atoms with Crippen LogP contribution in [0.25, 0.3) is 0 Å². The number of fused-ring (bicyclic) bond motifs is 1. The number of benzene rings is 1. The van der Waals surface area contributed by atoms with Crippen LogP contribution in [0.5, 0.6) is 11.5 Å². The summed E-state index contributed by atoms with van der Waals surface area (Å²) in [6.45, 7) is 0.269. The van der Waals surface area contributed by atoms with Crippen molar-refractivity contribution in [1.82, 2.24) is 0 Å². The zero-order valence-electron chi connectivity index (χ0n) is 6.36. The molecular formula is C8H8N2O2. The molecule has 1 aromatic rings. The van der Waals surface area contributed by atoms with Gasteiger partial charge in [-0.1, -0.05) is 6.07 Å². The molecule has 1 aliphatic rings. The Bertz CT molecular complexity index is 323. The van der Waals surface area contributed by atoms with E-state index in [4.69, 9.17) is 15.3 Å². The molecule has 0 saturated heterocycles. The lowest BCUT2D eigenvalue weighted by molar-refractivity contribution is 0.174. The lowest BCUT2D eigenvalue weighted by Gasteiger charge is -1.97. The quantitative estimate of drug-likeness (QED) is 0.377. The van der Waals surface area contributed by atoms with Crippen molar-refractivity contribution in [3.05, 3.63) is 23.8 Å². The Kier molecular flexibility index (Phi) is 1.59. The number of hydrogen-bond acceptors (Lipinski definition) is 4. The Morgan fingerprint density at radius 3 is 3.17 bits per heavy atom. The molecule has 12 heavy (non-hydrogen) atoms. The molecule has 1 aromatic carbocycles. The molecule has 0 unspecified atom stereocenters. The molecule has 62 valence electrons. The van der Waals surface area contributed by atoms with E-state index in [9.17, 15) is 0 Å². The summed E-state index contributed by atoms with van der Waals surface area (Å²) < 4.78 is 10.4. The molecule has 0 radical (unpaired) electrons. The van der Waals surface area contributed by atoms with Gasteiger partial charge in [0.2, 0.25) is 6.79 Å². The molecule has 4 heteroatoms. The van der Waals surface area contributed by atoms with E-state index in [1.807, 2.05) is 18.2 Å². The smallest absolute Gasteiger partial charge is 0.231 e. The summed E-state index contributed by atoms with van der Waals surface area (Å²) in [5.41, 5.74) is 0.840. The van der Waals surface area contributed by atoms with Gasteiger partial charge in [-0.3, -0.25) is 0 Å². The van der Waals surface area contributed by atoms with Crippen LogP contribution in [-0.2, 0) is 0 Å². The fourth-order valence-electron chi connectivity index (χ4n) is 1.13. The molecular weight excluding hydrogens is 156 g/mol. The second kappa shape index (κ2) is 2.73. The Morgan fingerprint density at radius 2 is 2.33 bits per heavy atom. The van der Waals surface area contributed by atoms with Crippen LogP contribution in [0.1, 0.15) is 5.56 Å². The summed E-state index contributed by atoms with van der Waals surface area (Å²) in [5.74, 6) is 6.49. The molecule has 4 nitrogen and oxygen atoms in total. The van der Waals surface area contributed by atoms with Crippen molar-refractivity contribution in [2.24, 2.45) is 10.9 Å². The van der Waals surface area contributed by atoms with Crippen LogP contribution >= 0.6 is 0 Å². The van der Waals surface area contributed by atoms with Gasteiger partial charge < -0.3 is 15.3 Å². The lowest BCUT2D eigenvalue weighted by atomic mass is 10.2. The normalized spacial score (nSPS) is 14.0. The molecule has 0 fully saturated rings. The summed E-state index contributed by atoms with van der Waals surface area (Å²) in [7, 11) is 0. The molecule has 2 N–H and O–H groups in total. The largest absolute Gasteiger partial charge is 0.454 e. The van der Waals surface area contributed by atoms with Gasteiger partial charge in [0.1, 0.15) is 0 Å². The molecule has 0 aliphatic carbocycles. The third-order valence-electron chi connectivity index (χ3n) is 1.64. The second-order valence-electron chi connectivity index (χ2n) is 2.36. The molecule has 0 aromatic heterocycles. The van der Waals surface area contributed by atoms with Crippen molar-refractivity contribution in [1.29, 1.82) is 0 Å². The molecule has 0 bridgehead atoms. The summed E-state index contributed by atoms with van der Waals surface area (Å²) >= 11 is 0. The lowest BCUT2D eigenvalue weighted by Crippen LogP contribution is -1.94. The van der Waals surface area contributed by atoms with Crippen molar-refractivity contribution in [2.75, 3.05) is 6.79 Å². The number of hydrazone groups is 1. The van der Waals surface area contributed by atoms with Crippen LogP contribution in [0, 0.1) is 0 Å². The van der Waals surface area contributed by atoms with Crippen LogP contribution < -0.4 is 15.3 Å². The third-order valence-corrected chi connectivity index (χ3v) is 1.64. The molecule has 0 spiro atoms. The van der Waals surface area contributed by atoms with E-state index >= 15 is 0 Å². The van der Waals surface area contributed by atoms with Crippen LogP contribution in [0.2, 0.25) is 0 Å². The summed E-state index contributed by atoms with van der Waals surface area (Å²) in [4.78, 5) is 0. The monoisotopic (exact) mass is 164 g/mol. The topological polar surface area (TPSA) is 56.8 Å². The maximum Gasteiger partial charge on any atom is 0.231 e. The number of hydrogen-bond donors (Lipinski definition) is 1. The number of nitrogens with two attached hydrogens (primary N) is 1. The van der Waals surface area contributed by atoms with Crippen molar-refractivity contribution in [3.8, 4) is 11.5 Å². The SMILES string of the molecule is NN=Cc1cccc2c1OCO2. The van der Waals surface area contributed by atoms with Gasteiger partial charge in [0, 0.05) is 5.56 Å². The van der Waals surface area contributed by atoms with E-state index in [1.165, 1.54) is 6.21 Å².